The molecule has 0 fully saturated rings. The third-order valence-electron chi connectivity index (χ3n) is 3.50. The molecule has 0 radical (unpaired) electrons. The van der Waals surface area contributed by atoms with Crippen LogP contribution in [0.5, 0.6) is 5.75 Å². The summed E-state index contributed by atoms with van der Waals surface area (Å²) >= 11 is 0. The Labute approximate surface area is 161 Å². The van der Waals surface area contributed by atoms with Crippen molar-refractivity contribution in [1.82, 2.24) is 15.1 Å². The summed E-state index contributed by atoms with van der Waals surface area (Å²) in [6, 6.07) is 9.51. The summed E-state index contributed by atoms with van der Waals surface area (Å²) < 4.78 is 32.9. The average molecular weight is 394 g/mol. The molecule has 148 valence electrons. The lowest BCUT2D eigenvalue weighted by molar-refractivity contribution is 0.242. The number of benzene rings is 1. The van der Waals surface area contributed by atoms with Gasteiger partial charge >= 0.3 is 0 Å². The zero-order valence-electron chi connectivity index (χ0n) is 16.1. The molecule has 0 spiro atoms. The van der Waals surface area contributed by atoms with E-state index in [1.165, 1.54) is 12.1 Å². The van der Waals surface area contributed by atoms with E-state index in [0.717, 1.165) is 19.5 Å². The van der Waals surface area contributed by atoms with Crippen LogP contribution in [0.2, 0.25) is 0 Å². The normalized spacial score (nSPS) is 11.6. The van der Waals surface area contributed by atoms with Crippen molar-refractivity contribution < 1.29 is 13.2 Å². The predicted octanol–water partition coefficient (Wildman–Crippen LogP) is 2.43. The van der Waals surface area contributed by atoms with E-state index in [0.29, 0.717) is 11.6 Å². The highest BCUT2D eigenvalue weighted by Gasteiger charge is 2.15. The van der Waals surface area contributed by atoms with Gasteiger partial charge in [0, 0.05) is 6.54 Å². The second-order valence-electron chi connectivity index (χ2n) is 6.63. The Hall–Kier alpha value is -2.39. The van der Waals surface area contributed by atoms with Crippen molar-refractivity contribution in [2.75, 3.05) is 37.2 Å². The van der Waals surface area contributed by atoms with Crippen LogP contribution in [0.25, 0.3) is 0 Å². The highest BCUT2D eigenvalue weighted by Crippen LogP contribution is 2.19. The van der Waals surface area contributed by atoms with E-state index in [1.807, 2.05) is 27.9 Å². The van der Waals surface area contributed by atoms with Crippen LogP contribution < -0.4 is 14.8 Å². The van der Waals surface area contributed by atoms with Crippen molar-refractivity contribution in [2.24, 2.45) is 0 Å². The van der Waals surface area contributed by atoms with Gasteiger partial charge in [-0.05, 0) is 77.3 Å². The van der Waals surface area contributed by atoms with Gasteiger partial charge in [-0.15, -0.1) is 10.2 Å². The van der Waals surface area contributed by atoms with E-state index in [-0.39, 0.29) is 16.8 Å². The summed E-state index contributed by atoms with van der Waals surface area (Å²) in [4.78, 5) is 2.23. The summed E-state index contributed by atoms with van der Waals surface area (Å²) in [6.45, 7) is 5.55. The number of nitrogens with one attached hydrogen (secondary N) is 2. The van der Waals surface area contributed by atoms with Crippen molar-refractivity contribution in [1.29, 1.82) is 0 Å². The van der Waals surface area contributed by atoms with Gasteiger partial charge in [-0.1, -0.05) is 0 Å². The first-order chi connectivity index (χ1) is 12.8. The Morgan fingerprint density at radius 3 is 2.22 bits per heavy atom. The molecule has 0 amide bonds. The lowest BCUT2D eigenvalue weighted by Gasteiger charge is -2.11. The van der Waals surface area contributed by atoms with Gasteiger partial charge in [0.15, 0.2) is 5.82 Å². The SMILES string of the molecule is CC(C)Oc1ccc(S(=O)(=O)Nc2ccc(NCCCN(C)C)nn2)cc1. The van der Waals surface area contributed by atoms with Crippen molar-refractivity contribution in [3.8, 4) is 5.75 Å². The summed E-state index contributed by atoms with van der Waals surface area (Å²) in [6.07, 6.45) is 0.996. The first kappa shape index (κ1) is 20.9. The van der Waals surface area contributed by atoms with Crippen LogP contribution in [0, 0.1) is 0 Å². The summed E-state index contributed by atoms with van der Waals surface area (Å²) in [5.41, 5.74) is 0. The molecule has 27 heavy (non-hydrogen) atoms. The standard InChI is InChI=1S/C18H27N5O3S/c1-14(2)26-15-6-8-16(9-7-15)27(24,25)22-18-11-10-17(20-21-18)19-12-5-13-23(3)4/h6-11,14H,5,12-13H2,1-4H3,(H,19,20)(H,21,22). The number of anilines is 2. The van der Waals surface area contributed by atoms with Crippen LogP contribution >= 0.6 is 0 Å². The highest BCUT2D eigenvalue weighted by molar-refractivity contribution is 7.92. The second kappa shape index (κ2) is 9.52. The Kier molecular flexibility index (Phi) is 7.37. The van der Waals surface area contributed by atoms with E-state index in [1.54, 1.807) is 24.3 Å². The number of sulfonamides is 1. The topological polar surface area (TPSA) is 96.5 Å². The molecule has 0 aliphatic carbocycles. The maximum Gasteiger partial charge on any atom is 0.263 e. The minimum Gasteiger partial charge on any atom is -0.491 e. The molecule has 0 bridgehead atoms. The molecule has 0 aliphatic rings. The maximum atomic E-state index is 12.5. The number of nitrogens with zero attached hydrogens (tertiary/aromatic N) is 3. The van der Waals surface area contributed by atoms with Crippen LogP contribution in [0.4, 0.5) is 11.6 Å². The van der Waals surface area contributed by atoms with Crippen LogP contribution in [-0.4, -0.2) is 56.8 Å². The molecular formula is C18H27N5O3S. The molecule has 1 heterocycles. The van der Waals surface area contributed by atoms with Crippen LogP contribution in [0.1, 0.15) is 20.3 Å². The van der Waals surface area contributed by atoms with E-state index >= 15 is 0 Å². The molecule has 0 atom stereocenters. The molecule has 0 saturated heterocycles. The molecule has 0 saturated carbocycles. The van der Waals surface area contributed by atoms with Gasteiger partial charge in [0.25, 0.3) is 10.0 Å². The van der Waals surface area contributed by atoms with Gasteiger partial charge in [0.05, 0.1) is 11.0 Å². The van der Waals surface area contributed by atoms with Gasteiger partial charge in [-0.3, -0.25) is 4.72 Å². The Bertz CT molecular complexity index is 806. The second-order valence-corrected chi connectivity index (χ2v) is 8.31. The summed E-state index contributed by atoms with van der Waals surface area (Å²) in [5, 5.41) is 11.1. The van der Waals surface area contributed by atoms with Gasteiger partial charge in [-0.2, -0.15) is 0 Å². The molecule has 2 aromatic rings. The lowest BCUT2D eigenvalue weighted by Crippen LogP contribution is -2.17. The number of aromatic nitrogens is 2. The minimum absolute atomic E-state index is 0.0239. The zero-order valence-corrected chi connectivity index (χ0v) is 17.0. The van der Waals surface area contributed by atoms with Crippen molar-refractivity contribution >= 4 is 21.7 Å². The minimum atomic E-state index is -3.74. The average Bonchev–Trinajstić information content (AvgIpc) is 2.59. The number of ether oxygens (including phenoxy) is 1. The van der Waals surface area contributed by atoms with Crippen LogP contribution in [-0.2, 0) is 10.0 Å². The van der Waals surface area contributed by atoms with Gasteiger partial charge in [0.1, 0.15) is 11.6 Å². The van der Waals surface area contributed by atoms with Gasteiger partial charge < -0.3 is 15.0 Å². The Morgan fingerprint density at radius 2 is 1.67 bits per heavy atom. The maximum absolute atomic E-state index is 12.5. The molecule has 8 nitrogen and oxygen atoms in total. The summed E-state index contributed by atoms with van der Waals surface area (Å²) in [5.74, 6) is 1.39. The molecule has 2 N–H and O–H groups in total. The Morgan fingerprint density at radius 1 is 1.04 bits per heavy atom. The zero-order chi connectivity index (χ0) is 19.9. The largest absolute Gasteiger partial charge is 0.491 e. The molecule has 9 heteroatoms. The fourth-order valence-corrected chi connectivity index (χ4v) is 3.26. The summed E-state index contributed by atoms with van der Waals surface area (Å²) in [7, 11) is 0.303. The van der Waals surface area contributed by atoms with Crippen molar-refractivity contribution in [3.63, 3.8) is 0 Å². The molecule has 0 unspecified atom stereocenters. The van der Waals surface area contributed by atoms with Crippen molar-refractivity contribution in [2.45, 2.75) is 31.3 Å². The monoisotopic (exact) mass is 393 g/mol. The third kappa shape index (κ3) is 7.03. The number of hydrogen-bond acceptors (Lipinski definition) is 7. The fraction of sp³-hybridized carbons (Fsp3) is 0.444. The quantitative estimate of drug-likeness (QED) is 0.598. The highest BCUT2D eigenvalue weighted by atomic mass is 32.2. The van der Waals surface area contributed by atoms with Gasteiger partial charge in [-0.25, -0.2) is 8.42 Å². The molecule has 2 rings (SSSR count). The smallest absolute Gasteiger partial charge is 0.263 e. The first-order valence-electron chi connectivity index (χ1n) is 8.78. The predicted molar refractivity (Wildman–Crippen MR) is 107 cm³/mol. The van der Waals surface area contributed by atoms with E-state index in [2.05, 4.69) is 25.1 Å². The first-order valence-corrected chi connectivity index (χ1v) is 10.3. The molecular weight excluding hydrogens is 366 g/mol. The molecule has 1 aromatic carbocycles. The van der Waals surface area contributed by atoms with Crippen LogP contribution in [0.3, 0.4) is 0 Å². The van der Waals surface area contributed by atoms with Gasteiger partial charge in [0.2, 0.25) is 0 Å². The van der Waals surface area contributed by atoms with E-state index in [9.17, 15) is 8.42 Å². The lowest BCUT2D eigenvalue weighted by atomic mass is 10.3. The fourth-order valence-electron chi connectivity index (χ4n) is 2.26. The number of hydrogen-bond donors (Lipinski definition) is 2. The molecule has 0 aliphatic heterocycles. The van der Waals surface area contributed by atoms with E-state index < -0.39 is 10.0 Å². The molecule has 1 aromatic heterocycles. The van der Waals surface area contributed by atoms with E-state index in [4.69, 9.17) is 4.74 Å². The van der Waals surface area contributed by atoms with Crippen LogP contribution in [0.15, 0.2) is 41.3 Å². The number of rotatable bonds is 10. The third-order valence-corrected chi connectivity index (χ3v) is 4.87. The Balaban J connectivity index is 1.94. The van der Waals surface area contributed by atoms with Crippen molar-refractivity contribution in [3.05, 3.63) is 36.4 Å².